The number of oxazole rings is 1. The standard InChI is InChI=1S/C23H18FN3O3S/c24-19-11-8-17(9-12-19)10-13-21-27-23(31(28,29)20-6-2-1-3-7-20)22(30-21)26-16-18-5-4-14-25-15-18/h1-15,26H,16H2. The van der Waals surface area contributed by atoms with Gasteiger partial charge in [0.25, 0.3) is 0 Å². The molecule has 0 atom stereocenters. The number of halogens is 1. The van der Waals surface area contributed by atoms with E-state index in [4.69, 9.17) is 4.42 Å². The number of hydrogen-bond acceptors (Lipinski definition) is 6. The summed E-state index contributed by atoms with van der Waals surface area (Å²) in [7, 11) is -3.91. The van der Waals surface area contributed by atoms with Crippen LogP contribution in [0.3, 0.4) is 0 Å². The average molecular weight is 435 g/mol. The van der Waals surface area contributed by atoms with Crippen LogP contribution in [-0.4, -0.2) is 18.4 Å². The van der Waals surface area contributed by atoms with Crippen LogP contribution >= 0.6 is 0 Å². The molecule has 0 bridgehead atoms. The van der Waals surface area contributed by atoms with Gasteiger partial charge in [-0.1, -0.05) is 36.4 Å². The second-order valence-corrected chi connectivity index (χ2v) is 8.47. The third-order valence-corrected chi connectivity index (χ3v) is 6.06. The molecule has 0 saturated heterocycles. The normalized spacial score (nSPS) is 11.6. The summed E-state index contributed by atoms with van der Waals surface area (Å²) in [5.41, 5.74) is 1.57. The minimum absolute atomic E-state index is 0.0338. The molecule has 0 fully saturated rings. The van der Waals surface area contributed by atoms with Crippen molar-refractivity contribution in [2.75, 3.05) is 5.32 Å². The Labute approximate surface area is 179 Å². The van der Waals surface area contributed by atoms with Crippen LogP contribution in [0.25, 0.3) is 12.2 Å². The number of nitrogens with zero attached hydrogens (tertiary/aromatic N) is 2. The number of rotatable bonds is 7. The molecule has 156 valence electrons. The minimum Gasteiger partial charge on any atom is -0.420 e. The lowest BCUT2D eigenvalue weighted by Crippen LogP contribution is -2.07. The van der Waals surface area contributed by atoms with E-state index < -0.39 is 9.84 Å². The second-order valence-electron chi connectivity index (χ2n) is 6.60. The van der Waals surface area contributed by atoms with E-state index in [1.165, 1.54) is 30.3 Å². The lowest BCUT2D eigenvalue weighted by molar-refractivity contribution is 0.554. The van der Waals surface area contributed by atoms with Gasteiger partial charge in [0.05, 0.1) is 4.90 Å². The number of sulfone groups is 1. The summed E-state index contributed by atoms with van der Waals surface area (Å²) >= 11 is 0. The summed E-state index contributed by atoms with van der Waals surface area (Å²) in [5.74, 6) is -0.203. The zero-order valence-electron chi connectivity index (χ0n) is 16.3. The predicted octanol–water partition coefficient (Wildman–Crippen LogP) is 4.82. The molecule has 2 aromatic heterocycles. The summed E-state index contributed by atoms with van der Waals surface area (Å²) in [6.07, 6.45) is 6.52. The molecule has 0 aliphatic heterocycles. The van der Waals surface area contributed by atoms with Crippen LogP contribution in [0.1, 0.15) is 17.0 Å². The van der Waals surface area contributed by atoms with Crippen molar-refractivity contribution in [1.29, 1.82) is 0 Å². The third kappa shape index (κ3) is 4.87. The lowest BCUT2D eigenvalue weighted by atomic mass is 10.2. The van der Waals surface area contributed by atoms with Crippen LogP contribution in [0.15, 0.2) is 93.5 Å². The number of anilines is 1. The molecule has 0 unspecified atom stereocenters. The fraction of sp³-hybridized carbons (Fsp3) is 0.0435. The fourth-order valence-corrected chi connectivity index (χ4v) is 4.13. The monoisotopic (exact) mass is 435 g/mol. The van der Waals surface area contributed by atoms with E-state index in [0.29, 0.717) is 6.54 Å². The smallest absolute Gasteiger partial charge is 0.234 e. The molecule has 0 aliphatic rings. The van der Waals surface area contributed by atoms with Gasteiger partial charge in [0.1, 0.15) is 5.82 Å². The minimum atomic E-state index is -3.91. The number of hydrogen-bond donors (Lipinski definition) is 1. The zero-order valence-corrected chi connectivity index (χ0v) is 17.1. The average Bonchev–Trinajstić information content (AvgIpc) is 3.23. The molecule has 31 heavy (non-hydrogen) atoms. The van der Waals surface area contributed by atoms with Gasteiger partial charge < -0.3 is 9.73 Å². The van der Waals surface area contributed by atoms with Crippen molar-refractivity contribution < 1.29 is 17.2 Å². The largest absolute Gasteiger partial charge is 0.420 e. The van der Waals surface area contributed by atoms with Gasteiger partial charge in [-0.15, -0.1) is 0 Å². The molecule has 0 radical (unpaired) electrons. The van der Waals surface area contributed by atoms with Crippen molar-refractivity contribution in [2.45, 2.75) is 16.5 Å². The van der Waals surface area contributed by atoms with E-state index in [9.17, 15) is 12.8 Å². The van der Waals surface area contributed by atoms with Crippen molar-refractivity contribution in [3.05, 3.63) is 102 Å². The molecule has 4 rings (SSSR count). The summed E-state index contributed by atoms with van der Waals surface area (Å²) < 4.78 is 45.1. The van der Waals surface area contributed by atoms with Gasteiger partial charge in [-0.3, -0.25) is 4.98 Å². The second kappa shape index (κ2) is 8.93. The van der Waals surface area contributed by atoms with Crippen molar-refractivity contribution in [3.8, 4) is 0 Å². The molecule has 0 spiro atoms. The fourth-order valence-electron chi connectivity index (χ4n) is 2.82. The Morgan fingerprint density at radius 2 is 1.74 bits per heavy atom. The van der Waals surface area contributed by atoms with E-state index in [1.807, 2.05) is 6.07 Å². The molecule has 2 heterocycles. The first-order chi connectivity index (χ1) is 15.0. The molecular weight excluding hydrogens is 417 g/mol. The van der Waals surface area contributed by atoms with Gasteiger partial charge >= 0.3 is 0 Å². The van der Waals surface area contributed by atoms with E-state index in [2.05, 4.69) is 15.3 Å². The number of benzene rings is 2. The van der Waals surface area contributed by atoms with Crippen LogP contribution in [-0.2, 0) is 16.4 Å². The maximum absolute atomic E-state index is 13.2. The highest BCUT2D eigenvalue weighted by Crippen LogP contribution is 2.29. The van der Waals surface area contributed by atoms with Gasteiger partial charge in [-0.05, 0) is 47.5 Å². The summed E-state index contributed by atoms with van der Waals surface area (Å²) in [4.78, 5) is 8.37. The first-order valence-electron chi connectivity index (χ1n) is 9.40. The lowest BCUT2D eigenvalue weighted by Gasteiger charge is -2.06. The van der Waals surface area contributed by atoms with Crippen LogP contribution in [0.2, 0.25) is 0 Å². The van der Waals surface area contributed by atoms with Crippen molar-refractivity contribution in [1.82, 2.24) is 9.97 Å². The molecular formula is C23H18FN3O3S. The zero-order chi connectivity index (χ0) is 21.7. The van der Waals surface area contributed by atoms with Gasteiger partial charge in [-0.25, -0.2) is 12.8 Å². The molecule has 6 nitrogen and oxygen atoms in total. The molecule has 0 amide bonds. The maximum atomic E-state index is 13.2. The maximum Gasteiger partial charge on any atom is 0.234 e. The summed E-state index contributed by atoms with van der Waals surface area (Å²) in [6.45, 7) is 0.307. The topological polar surface area (TPSA) is 85.1 Å². The number of pyridine rings is 1. The van der Waals surface area contributed by atoms with Crippen molar-refractivity contribution in [2.24, 2.45) is 0 Å². The van der Waals surface area contributed by atoms with Crippen LogP contribution in [0.5, 0.6) is 0 Å². The predicted molar refractivity (Wildman–Crippen MR) is 115 cm³/mol. The van der Waals surface area contributed by atoms with Gasteiger partial charge in [0.2, 0.25) is 26.6 Å². The van der Waals surface area contributed by atoms with E-state index in [1.54, 1.807) is 54.9 Å². The highest BCUT2D eigenvalue weighted by molar-refractivity contribution is 7.91. The molecule has 0 saturated carbocycles. The quantitative estimate of drug-likeness (QED) is 0.448. The Kier molecular flexibility index (Phi) is 5.90. The van der Waals surface area contributed by atoms with Crippen LogP contribution in [0.4, 0.5) is 10.3 Å². The van der Waals surface area contributed by atoms with Gasteiger partial charge in [0.15, 0.2) is 0 Å². The van der Waals surface area contributed by atoms with E-state index >= 15 is 0 Å². The molecule has 8 heteroatoms. The van der Waals surface area contributed by atoms with Gasteiger partial charge in [-0.2, -0.15) is 4.98 Å². The van der Waals surface area contributed by atoms with Crippen LogP contribution in [0, 0.1) is 5.82 Å². The van der Waals surface area contributed by atoms with Gasteiger partial charge in [0, 0.05) is 25.0 Å². The Balaban J connectivity index is 1.68. The SMILES string of the molecule is O=S(=O)(c1ccccc1)c1nc(C=Cc2ccc(F)cc2)oc1NCc1cccnc1. The Morgan fingerprint density at radius 1 is 0.968 bits per heavy atom. The first kappa shape index (κ1) is 20.5. The molecule has 2 aromatic carbocycles. The Bertz CT molecular complexity index is 1290. The van der Waals surface area contributed by atoms with Crippen LogP contribution < -0.4 is 5.32 Å². The Morgan fingerprint density at radius 3 is 2.45 bits per heavy atom. The van der Waals surface area contributed by atoms with Crippen molar-refractivity contribution >= 4 is 27.9 Å². The highest BCUT2D eigenvalue weighted by atomic mass is 32.2. The summed E-state index contributed by atoms with van der Waals surface area (Å²) in [6, 6.07) is 17.5. The third-order valence-electron chi connectivity index (χ3n) is 4.38. The van der Waals surface area contributed by atoms with E-state index in [0.717, 1.165) is 11.1 Å². The molecule has 0 aliphatic carbocycles. The number of aromatic nitrogens is 2. The summed E-state index contributed by atoms with van der Waals surface area (Å²) in [5, 5.41) is 2.79. The highest BCUT2D eigenvalue weighted by Gasteiger charge is 2.27. The molecule has 1 N–H and O–H groups in total. The van der Waals surface area contributed by atoms with E-state index in [-0.39, 0.29) is 27.5 Å². The number of nitrogens with one attached hydrogen (secondary N) is 1. The van der Waals surface area contributed by atoms with Crippen molar-refractivity contribution in [3.63, 3.8) is 0 Å². The molecule has 4 aromatic rings. The Hall–Kier alpha value is -3.78. The first-order valence-corrected chi connectivity index (χ1v) is 10.9.